The van der Waals surface area contributed by atoms with Crippen molar-refractivity contribution < 1.29 is 24.1 Å². The number of aliphatic hydroxyl groups is 2. The average molecular weight is 485 g/mol. The number of carbonyl (C=O) groups is 1. The van der Waals surface area contributed by atoms with Gasteiger partial charge in [-0.2, -0.15) is 0 Å². The lowest BCUT2D eigenvalue weighted by Crippen LogP contribution is -2.69. The van der Waals surface area contributed by atoms with Gasteiger partial charge in [0.1, 0.15) is 12.2 Å². The number of hydrogen-bond acceptors (Lipinski definition) is 5. The fraction of sp³-hybridized carbons (Fsp3) is 0.571. The molecule has 4 aliphatic carbocycles. The molecule has 182 valence electrons. The molecule has 0 saturated heterocycles. The third-order valence-corrected chi connectivity index (χ3v) is 10.2. The van der Waals surface area contributed by atoms with E-state index in [1.807, 2.05) is 44.2 Å². The van der Waals surface area contributed by atoms with E-state index in [1.165, 1.54) is 12.2 Å². The lowest BCUT2D eigenvalue weighted by molar-refractivity contribution is -0.210. The first-order valence-electron chi connectivity index (χ1n) is 12.2. The molecule has 0 radical (unpaired) electrons. The van der Waals surface area contributed by atoms with Gasteiger partial charge in [-0.15, -0.1) is 0 Å². The average Bonchev–Trinajstić information content (AvgIpc) is 3.01. The van der Waals surface area contributed by atoms with Crippen molar-refractivity contribution in [2.45, 2.75) is 70.4 Å². The molecule has 8 atom stereocenters. The van der Waals surface area contributed by atoms with Gasteiger partial charge in [0.2, 0.25) is 0 Å². The first-order chi connectivity index (χ1) is 16.0. The molecule has 4 nitrogen and oxygen atoms in total. The van der Waals surface area contributed by atoms with Gasteiger partial charge in [-0.3, -0.25) is 4.79 Å². The van der Waals surface area contributed by atoms with Gasteiger partial charge in [0.05, 0.1) is 6.10 Å². The number of aliphatic hydroxyl groups excluding tert-OH is 1. The molecule has 0 aliphatic heterocycles. The van der Waals surface area contributed by atoms with E-state index < -0.39 is 34.1 Å². The Morgan fingerprint density at radius 1 is 1.24 bits per heavy atom. The third-order valence-electron chi connectivity index (χ3n) is 9.75. The van der Waals surface area contributed by atoms with E-state index in [2.05, 4.69) is 0 Å². The molecule has 34 heavy (non-hydrogen) atoms. The summed E-state index contributed by atoms with van der Waals surface area (Å²) in [5.74, 6) is -1.01. The molecular formula is C28H33FO4S. The van der Waals surface area contributed by atoms with Crippen LogP contribution in [0.3, 0.4) is 0 Å². The van der Waals surface area contributed by atoms with Crippen LogP contribution < -0.4 is 0 Å². The number of halogens is 1. The van der Waals surface area contributed by atoms with Crippen molar-refractivity contribution in [3.63, 3.8) is 0 Å². The molecule has 1 aromatic rings. The maximum Gasteiger partial charge on any atom is 0.192 e. The Hall–Kier alpha value is -1.89. The van der Waals surface area contributed by atoms with Gasteiger partial charge in [0, 0.05) is 16.7 Å². The van der Waals surface area contributed by atoms with Crippen molar-refractivity contribution in [2.24, 2.45) is 28.6 Å². The first-order valence-corrected chi connectivity index (χ1v) is 12.6. The monoisotopic (exact) mass is 484 g/mol. The zero-order valence-corrected chi connectivity index (χ0v) is 20.8. The number of hydrogen-bond donors (Lipinski definition) is 2. The smallest absolute Gasteiger partial charge is 0.192 e. The number of alkyl halides is 1. The molecule has 3 saturated carbocycles. The Kier molecular flexibility index (Phi) is 5.47. The van der Waals surface area contributed by atoms with Crippen molar-refractivity contribution >= 4 is 23.1 Å². The van der Waals surface area contributed by atoms with Gasteiger partial charge in [-0.1, -0.05) is 55.8 Å². The zero-order chi connectivity index (χ0) is 24.5. The summed E-state index contributed by atoms with van der Waals surface area (Å²) >= 11 is 5.68. The molecule has 5 rings (SSSR count). The highest BCUT2D eigenvalue weighted by atomic mass is 32.1. The topological polar surface area (TPSA) is 66.8 Å². The molecule has 0 bridgehead atoms. The summed E-state index contributed by atoms with van der Waals surface area (Å²) in [6.45, 7) is 5.94. The number of allylic oxidation sites excluding steroid dienone is 4. The summed E-state index contributed by atoms with van der Waals surface area (Å²) in [7, 11) is 0. The highest BCUT2D eigenvalue weighted by Crippen LogP contribution is 2.70. The Balaban J connectivity index is 1.49. The standard InChI is InChI=1S/C28H33FO4S/c1-17-13-22-21-10-9-19-14-20(30)11-12-25(19,2)27(21,29)23(31)15-26(22,3)28(17,32)24(34)33-16-18-7-5-4-6-8-18/h4-8,11-12,14,17,21-23,31-32H,9-10,13,15-16H2,1-3H3/t17-,21-,22-,23-,25-,26-,27-,28-/m0/s1. The summed E-state index contributed by atoms with van der Waals surface area (Å²) < 4.78 is 23.2. The van der Waals surface area contributed by atoms with E-state index in [-0.39, 0.29) is 35.7 Å². The van der Waals surface area contributed by atoms with Crippen LogP contribution in [0.4, 0.5) is 4.39 Å². The third kappa shape index (κ3) is 2.94. The van der Waals surface area contributed by atoms with Crippen molar-refractivity contribution in [2.75, 3.05) is 0 Å². The van der Waals surface area contributed by atoms with Gasteiger partial charge in [0.15, 0.2) is 16.5 Å². The number of carbonyl (C=O) groups excluding carboxylic acids is 1. The molecule has 0 unspecified atom stereocenters. The van der Waals surface area contributed by atoms with Crippen LogP contribution in [-0.2, 0) is 16.1 Å². The summed E-state index contributed by atoms with van der Waals surface area (Å²) in [4.78, 5) is 12.0. The minimum Gasteiger partial charge on any atom is -0.479 e. The number of rotatable bonds is 3. The van der Waals surface area contributed by atoms with Crippen molar-refractivity contribution in [1.82, 2.24) is 0 Å². The van der Waals surface area contributed by atoms with Crippen LogP contribution in [0.2, 0.25) is 0 Å². The second kappa shape index (κ2) is 7.81. The molecule has 0 aromatic heterocycles. The van der Waals surface area contributed by atoms with E-state index in [1.54, 1.807) is 13.0 Å². The first kappa shape index (κ1) is 23.8. The van der Waals surface area contributed by atoms with Crippen molar-refractivity contribution in [1.29, 1.82) is 0 Å². The van der Waals surface area contributed by atoms with E-state index in [0.29, 0.717) is 19.3 Å². The number of thiocarbonyl (C=S) groups is 1. The number of ketones is 1. The summed E-state index contributed by atoms with van der Waals surface area (Å²) in [5, 5.41) is 23.7. The van der Waals surface area contributed by atoms with E-state index in [0.717, 1.165) is 11.1 Å². The Labute approximate surface area is 205 Å². The molecule has 0 spiro atoms. The fourth-order valence-corrected chi connectivity index (χ4v) is 8.31. The molecular weight excluding hydrogens is 451 g/mol. The number of benzene rings is 1. The lowest BCUT2D eigenvalue weighted by Gasteiger charge is -2.62. The normalized spacial score (nSPS) is 45.1. The number of ether oxygens (including phenoxy) is 1. The summed E-state index contributed by atoms with van der Waals surface area (Å²) in [5.41, 5.74) is -3.55. The largest absolute Gasteiger partial charge is 0.479 e. The van der Waals surface area contributed by atoms with Crippen LogP contribution in [0.15, 0.2) is 54.1 Å². The molecule has 6 heteroatoms. The van der Waals surface area contributed by atoms with Crippen LogP contribution in [0, 0.1) is 28.6 Å². The predicted molar refractivity (Wildman–Crippen MR) is 132 cm³/mol. The van der Waals surface area contributed by atoms with E-state index in [4.69, 9.17) is 17.0 Å². The van der Waals surface area contributed by atoms with E-state index >= 15 is 4.39 Å². The van der Waals surface area contributed by atoms with Crippen LogP contribution in [0.5, 0.6) is 0 Å². The van der Waals surface area contributed by atoms with Crippen LogP contribution in [0.1, 0.15) is 52.0 Å². The quantitative estimate of drug-likeness (QED) is 0.599. The molecule has 4 aliphatic rings. The molecule has 0 amide bonds. The zero-order valence-electron chi connectivity index (χ0n) is 20.0. The lowest BCUT2D eigenvalue weighted by atomic mass is 9.45. The minimum absolute atomic E-state index is 0.0744. The SMILES string of the molecule is C[C@H]1C[C@H]2[C@@H]3CCC4=CC(=O)C=C[C@]4(C)[C@@]3(F)[C@@H](O)C[C@]2(C)[C@@]1(O)C(=S)OCc1ccccc1. The van der Waals surface area contributed by atoms with Crippen LogP contribution in [-0.4, -0.2) is 38.4 Å². The maximum absolute atomic E-state index is 17.2. The fourth-order valence-electron chi connectivity index (χ4n) is 7.81. The van der Waals surface area contributed by atoms with E-state index in [9.17, 15) is 15.0 Å². The highest BCUT2D eigenvalue weighted by Gasteiger charge is 2.75. The van der Waals surface area contributed by atoms with Gasteiger partial charge in [-0.25, -0.2) is 4.39 Å². The van der Waals surface area contributed by atoms with Crippen molar-refractivity contribution in [3.05, 3.63) is 59.7 Å². The predicted octanol–water partition coefficient (Wildman–Crippen LogP) is 4.88. The summed E-state index contributed by atoms with van der Waals surface area (Å²) in [6.07, 6.45) is 5.11. The molecule has 0 heterocycles. The maximum atomic E-state index is 17.2. The van der Waals surface area contributed by atoms with Gasteiger partial charge < -0.3 is 14.9 Å². The minimum atomic E-state index is -1.92. The Bertz CT molecular complexity index is 1090. The second-order valence-corrected chi connectivity index (χ2v) is 11.6. The van der Waals surface area contributed by atoms with Crippen molar-refractivity contribution in [3.8, 4) is 0 Å². The van der Waals surface area contributed by atoms with Gasteiger partial charge >= 0.3 is 0 Å². The Morgan fingerprint density at radius 2 is 1.94 bits per heavy atom. The van der Waals surface area contributed by atoms with Crippen LogP contribution >= 0.6 is 12.2 Å². The molecule has 1 aromatic carbocycles. The number of fused-ring (bicyclic) bond motifs is 5. The molecule has 2 N–H and O–H groups in total. The van der Waals surface area contributed by atoms with Gasteiger partial charge in [-0.05, 0) is 74.4 Å². The Morgan fingerprint density at radius 3 is 2.65 bits per heavy atom. The highest BCUT2D eigenvalue weighted by molar-refractivity contribution is 7.80. The summed E-state index contributed by atoms with van der Waals surface area (Å²) in [6, 6.07) is 9.64. The second-order valence-electron chi connectivity index (χ2n) is 11.2. The van der Waals surface area contributed by atoms with Crippen LogP contribution in [0.25, 0.3) is 0 Å². The van der Waals surface area contributed by atoms with Gasteiger partial charge in [0.25, 0.3) is 0 Å². The molecule has 3 fully saturated rings.